The van der Waals surface area contributed by atoms with Gasteiger partial charge in [-0.1, -0.05) is 25.1 Å². The Morgan fingerprint density at radius 1 is 1.20 bits per heavy atom. The lowest BCUT2D eigenvalue weighted by atomic mass is 9.92. The van der Waals surface area contributed by atoms with Gasteiger partial charge in [0.25, 0.3) is 0 Å². The summed E-state index contributed by atoms with van der Waals surface area (Å²) in [5.41, 5.74) is 1.39. The molecule has 15 heavy (non-hydrogen) atoms. The van der Waals surface area contributed by atoms with Crippen LogP contribution in [-0.2, 0) is 0 Å². The van der Waals surface area contributed by atoms with Gasteiger partial charge in [-0.25, -0.2) is 0 Å². The smallest absolute Gasteiger partial charge is 0.0366 e. The first-order valence-corrected chi connectivity index (χ1v) is 5.98. The summed E-state index contributed by atoms with van der Waals surface area (Å²) in [4.78, 5) is 2.51. The van der Waals surface area contributed by atoms with E-state index < -0.39 is 0 Å². The number of nitrogens with zero attached hydrogens (tertiary/aromatic N) is 1. The predicted octanol–water partition coefficient (Wildman–Crippen LogP) is 3.52. The molecule has 0 saturated carbocycles. The molecular weight excluding hydrogens is 182 g/mol. The molecule has 0 amide bonds. The second kappa shape index (κ2) is 5.20. The maximum atomic E-state index is 2.51. The SMILES string of the molecule is C[CH]CC1CCN(c2ccccc2)CC1. The fourth-order valence-electron chi connectivity index (χ4n) is 2.40. The minimum Gasteiger partial charge on any atom is -0.372 e. The van der Waals surface area contributed by atoms with Gasteiger partial charge in [-0.15, -0.1) is 0 Å². The molecule has 1 aliphatic rings. The zero-order valence-electron chi connectivity index (χ0n) is 9.52. The fourth-order valence-corrected chi connectivity index (χ4v) is 2.40. The number of piperidine rings is 1. The van der Waals surface area contributed by atoms with Gasteiger partial charge in [0.2, 0.25) is 0 Å². The number of para-hydroxylation sites is 1. The van der Waals surface area contributed by atoms with Gasteiger partial charge in [0.05, 0.1) is 0 Å². The van der Waals surface area contributed by atoms with Crippen LogP contribution < -0.4 is 4.90 Å². The number of benzene rings is 1. The van der Waals surface area contributed by atoms with Crippen LogP contribution in [0.2, 0.25) is 0 Å². The van der Waals surface area contributed by atoms with Crippen molar-refractivity contribution in [2.24, 2.45) is 5.92 Å². The van der Waals surface area contributed by atoms with Gasteiger partial charge in [0.1, 0.15) is 0 Å². The molecule has 1 aromatic carbocycles. The third-order valence-electron chi connectivity index (χ3n) is 3.30. The molecule has 0 aromatic heterocycles. The zero-order valence-corrected chi connectivity index (χ0v) is 9.52. The number of rotatable bonds is 3. The molecule has 0 spiro atoms. The highest BCUT2D eigenvalue weighted by molar-refractivity contribution is 5.46. The van der Waals surface area contributed by atoms with E-state index in [0.29, 0.717) is 0 Å². The molecule has 1 saturated heterocycles. The predicted molar refractivity (Wildman–Crippen MR) is 66.0 cm³/mol. The number of hydrogen-bond acceptors (Lipinski definition) is 1. The van der Waals surface area contributed by atoms with Crippen molar-refractivity contribution in [2.45, 2.75) is 26.2 Å². The van der Waals surface area contributed by atoms with Gasteiger partial charge in [0.15, 0.2) is 0 Å². The summed E-state index contributed by atoms with van der Waals surface area (Å²) in [7, 11) is 0. The topological polar surface area (TPSA) is 3.24 Å². The number of hydrogen-bond donors (Lipinski definition) is 0. The van der Waals surface area contributed by atoms with Crippen molar-refractivity contribution in [3.8, 4) is 0 Å². The van der Waals surface area contributed by atoms with Crippen LogP contribution in [0.3, 0.4) is 0 Å². The Morgan fingerprint density at radius 3 is 2.47 bits per heavy atom. The van der Waals surface area contributed by atoms with E-state index in [0.717, 1.165) is 5.92 Å². The van der Waals surface area contributed by atoms with E-state index in [1.165, 1.54) is 38.0 Å². The largest absolute Gasteiger partial charge is 0.372 e. The maximum Gasteiger partial charge on any atom is 0.0366 e. The second-order valence-electron chi connectivity index (χ2n) is 4.41. The Bertz CT molecular complexity index is 273. The van der Waals surface area contributed by atoms with Gasteiger partial charge >= 0.3 is 0 Å². The van der Waals surface area contributed by atoms with Crippen molar-refractivity contribution in [3.63, 3.8) is 0 Å². The minimum absolute atomic E-state index is 0.926. The summed E-state index contributed by atoms with van der Waals surface area (Å²) in [6.07, 6.45) is 6.30. The van der Waals surface area contributed by atoms with Crippen molar-refractivity contribution in [2.75, 3.05) is 18.0 Å². The first-order valence-electron chi connectivity index (χ1n) is 5.98. The van der Waals surface area contributed by atoms with Crippen LogP contribution in [0.5, 0.6) is 0 Å². The molecule has 0 N–H and O–H groups in total. The lowest BCUT2D eigenvalue weighted by Gasteiger charge is -2.33. The molecule has 0 unspecified atom stereocenters. The van der Waals surface area contributed by atoms with E-state index in [4.69, 9.17) is 0 Å². The van der Waals surface area contributed by atoms with E-state index in [9.17, 15) is 0 Å². The van der Waals surface area contributed by atoms with Gasteiger partial charge < -0.3 is 4.90 Å². The highest BCUT2D eigenvalue weighted by Gasteiger charge is 2.18. The minimum atomic E-state index is 0.926. The zero-order chi connectivity index (χ0) is 10.5. The molecule has 1 radical (unpaired) electrons. The van der Waals surface area contributed by atoms with Crippen molar-refractivity contribution in [1.29, 1.82) is 0 Å². The lowest BCUT2D eigenvalue weighted by Crippen LogP contribution is -2.33. The van der Waals surface area contributed by atoms with Gasteiger partial charge in [-0.05, 0) is 43.7 Å². The Labute approximate surface area is 93.1 Å². The van der Waals surface area contributed by atoms with Crippen molar-refractivity contribution in [3.05, 3.63) is 36.8 Å². The summed E-state index contributed by atoms with van der Waals surface area (Å²) in [5.74, 6) is 0.926. The third kappa shape index (κ3) is 2.74. The molecule has 0 bridgehead atoms. The molecule has 1 heteroatoms. The summed E-state index contributed by atoms with van der Waals surface area (Å²) >= 11 is 0. The summed E-state index contributed by atoms with van der Waals surface area (Å²) in [6, 6.07) is 10.8. The Morgan fingerprint density at radius 2 is 1.87 bits per heavy atom. The number of anilines is 1. The molecule has 1 aliphatic heterocycles. The second-order valence-corrected chi connectivity index (χ2v) is 4.41. The highest BCUT2D eigenvalue weighted by Crippen LogP contribution is 2.25. The lowest BCUT2D eigenvalue weighted by molar-refractivity contribution is 0.401. The van der Waals surface area contributed by atoms with Crippen molar-refractivity contribution < 1.29 is 0 Å². The molecule has 1 nitrogen and oxygen atoms in total. The molecule has 81 valence electrons. The Hall–Kier alpha value is -0.980. The molecule has 2 rings (SSSR count). The average Bonchev–Trinajstić information content (AvgIpc) is 2.32. The molecular formula is C14H20N. The third-order valence-corrected chi connectivity index (χ3v) is 3.30. The van der Waals surface area contributed by atoms with Gasteiger partial charge in [-0.3, -0.25) is 0 Å². The summed E-state index contributed by atoms with van der Waals surface area (Å²) < 4.78 is 0. The van der Waals surface area contributed by atoms with Crippen LogP contribution in [0.25, 0.3) is 0 Å². The molecule has 1 fully saturated rings. The van der Waals surface area contributed by atoms with Crippen LogP contribution in [0.4, 0.5) is 5.69 Å². The van der Waals surface area contributed by atoms with E-state index in [1.54, 1.807) is 0 Å². The molecule has 1 aromatic rings. The highest BCUT2D eigenvalue weighted by atomic mass is 15.1. The maximum absolute atomic E-state index is 2.51. The Kier molecular flexibility index (Phi) is 3.65. The Balaban J connectivity index is 1.88. The fraction of sp³-hybridized carbons (Fsp3) is 0.500. The van der Waals surface area contributed by atoms with E-state index in [2.05, 4.69) is 48.6 Å². The quantitative estimate of drug-likeness (QED) is 0.725. The molecule has 1 heterocycles. The monoisotopic (exact) mass is 202 g/mol. The average molecular weight is 202 g/mol. The van der Waals surface area contributed by atoms with E-state index in [-0.39, 0.29) is 0 Å². The van der Waals surface area contributed by atoms with Crippen molar-refractivity contribution in [1.82, 2.24) is 0 Å². The van der Waals surface area contributed by atoms with Crippen LogP contribution in [0.1, 0.15) is 26.2 Å². The van der Waals surface area contributed by atoms with E-state index in [1.807, 2.05) is 0 Å². The summed E-state index contributed by atoms with van der Waals surface area (Å²) in [6.45, 7) is 4.62. The molecule has 0 atom stereocenters. The molecule has 0 aliphatic carbocycles. The van der Waals surface area contributed by atoms with Crippen LogP contribution >= 0.6 is 0 Å². The van der Waals surface area contributed by atoms with Crippen LogP contribution in [0, 0.1) is 12.3 Å². The standard InChI is InChI=1S/C14H20N/c1-2-6-13-9-11-15(12-10-13)14-7-4-3-5-8-14/h2-5,7-8,13H,6,9-12H2,1H3. The first-order chi connectivity index (χ1) is 7.40. The summed E-state index contributed by atoms with van der Waals surface area (Å²) in [5, 5.41) is 0. The van der Waals surface area contributed by atoms with Crippen molar-refractivity contribution >= 4 is 5.69 Å². The first kappa shape index (κ1) is 10.5. The van der Waals surface area contributed by atoms with Gasteiger partial charge in [-0.2, -0.15) is 0 Å². The van der Waals surface area contributed by atoms with E-state index >= 15 is 0 Å². The normalized spacial score (nSPS) is 18.1. The van der Waals surface area contributed by atoms with Crippen LogP contribution in [-0.4, -0.2) is 13.1 Å². The van der Waals surface area contributed by atoms with Crippen LogP contribution in [0.15, 0.2) is 30.3 Å². The van der Waals surface area contributed by atoms with Gasteiger partial charge in [0, 0.05) is 18.8 Å².